The zero-order valence-electron chi connectivity index (χ0n) is 8.65. The first-order valence-electron chi connectivity index (χ1n) is 4.75. The summed E-state index contributed by atoms with van der Waals surface area (Å²) in [6.07, 6.45) is 1.75. The van der Waals surface area contributed by atoms with Crippen molar-refractivity contribution in [1.82, 2.24) is 0 Å². The van der Waals surface area contributed by atoms with Crippen molar-refractivity contribution in [2.75, 3.05) is 0 Å². The van der Waals surface area contributed by atoms with Gasteiger partial charge in [0.05, 0.1) is 0 Å². The van der Waals surface area contributed by atoms with E-state index < -0.39 is 0 Å². The zero-order chi connectivity index (χ0) is 10.8. The molecule has 76 valence electrons. The summed E-state index contributed by atoms with van der Waals surface area (Å²) in [5, 5.41) is 0.834. The van der Waals surface area contributed by atoms with Crippen molar-refractivity contribution < 1.29 is 4.79 Å². The number of benzene rings is 1. The fourth-order valence-electron chi connectivity index (χ4n) is 1.32. The van der Waals surface area contributed by atoms with E-state index in [1.165, 1.54) is 17.3 Å². The van der Waals surface area contributed by atoms with Crippen LogP contribution in [0, 0.1) is 6.92 Å². The van der Waals surface area contributed by atoms with Gasteiger partial charge in [0.15, 0.2) is 0 Å². The zero-order valence-corrected chi connectivity index (χ0v) is 9.47. The molecule has 0 spiro atoms. The fourth-order valence-corrected chi connectivity index (χ4v) is 2.16. The normalized spacial score (nSPS) is 18.4. The van der Waals surface area contributed by atoms with E-state index in [2.05, 4.69) is 4.99 Å². The second kappa shape index (κ2) is 4.03. The number of carbonyl (C=O) groups excluding carboxylic acids is 1. The monoisotopic (exact) mass is 217 g/mol. The molecule has 3 heteroatoms. The Morgan fingerprint density at radius 3 is 2.47 bits per heavy atom. The van der Waals surface area contributed by atoms with Gasteiger partial charge in [0, 0.05) is 5.56 Å². The number of carbonyl (C=O) groups is 1. The summed E-state index contributed by atoms with van der Waals surface area (Å²) in [6.45, 7) is 3.87. The van der Waals surface area contributed by atoms with E-state index in [9.17, 15) is 4.79 Å². The summed E-state index contributed by atoms with van der Waals surface area (Å²) < 4.78 is 0. The smallest absolute Gasteiger partial charge is 0.243 e. The Hall–Kier alpha value is -1.35. The van der Waals surface area contributed by atoms with Crippen LogP contribution in [0.3, 0.4) is 0 Å². The van der Waals surface area contributed by atoms with Crippen LogP contribution < -0.4 is 0 Å². The molecule has 1 heterocycles. The van der Waals surface area contributed by atoms with Crippen LogP contribution in [0.15, 0.2) is 41.0 Å². The van der Waals surface area contributed by atoms with Gasteiger partial charge < -0.3 is 0 Å². The molecule has 0 radical (unpaired) electrons. The number of rotatable bonds is 1. The summed E-state index contributed by atoms with van der Waals surface area (Å²) in [5.74, 6) is 0. The molecular weight excluding hydrogens is 206 g/mol. The van der Waals surface area contributed by atoms with Gasteiger partial charge in [0.25, 0.3) is 0 Å². The number of allylic oxidation sites excluding steroid dienone is 1. The van der Waals surface area contributed by atoms with E-state index in [4.69, 9.17) is 0 Å². The molecule has 0 fully saturated rings. The predicted octanol–water partition coefficient (Wildman–Crippen LogP) is 2.92. The summed E-state index contributed by atoms with van der Waals surface area (Å²) in [7, 11) is 0. The van der Waals surface area contributed by atoms with Crippen molar-refractivity contribution in [2.24, 2.45) is 4.99 Å². The van der Waals surface area contributed by atoms with Crippen molar-refractivity contribution in [3.63, 3.8) is 0 Å². The van der Waals surface area contributed by atoms with E-state index >= 15 is 0 Å². The molecule has 1 aromatic rings. The van der Waals surface area contributed by atoms with Crippen molar-refractivity contribution >= 4 is 21.9 Å². The fraction of sp³-hybridized carbons (Fsp3) is 0.167. The first kappa shape index (κ1) is 10.2. The standard InChI is InChI=1S/C12H11NOS/c1-3-10-12(14)15-11(13-10)9-6-4-8(2)5-7-9/h3-7H,1-2H3/b10-3+. The first-order valence-corrected chi connectivity index (χ1v) is 5.56. The maximum atomic E-state index is 11.4. The Morgan fingerprint density at radius 1 is 1.27 bits per heavy atom. The molecule has 0 aromatic heterocycles. The van der Waals surface area contributed by atoms with Gasteiger partial charge >= 0.3 is 0 Å². The molecule has 0 aliphatic carbocycles. The Morgan fingerprint density at radius 2 is 1.93 bits per heavy atom. The highest BCUT2D eigenvalue weighted by Gasteiger charge is 2.21. The molecule has 0 atom stereocenters. The van der Waals surface area contributed by atoms with Crippen molar-refractivity contribution in [2.45, 2.75) is 13.8 Å². The molecule has 1 aromatic carbocycles. The number of hydrogen-bond donors (Lipinski definition) is 0. The Bertz CT molecular complexity index is 457. The maximum Gasteiger partial charge on any atom is 0.243 e. The van der Waals surface area contributed by atoms with Crippen LogP contribution in [-0.2, 0) is 4.79 Å². The summed E-state index contributed by atoms with van der Waals surface area (Å²) in [6, 6.07) is 8.03. The maximum absolute atomic E-state index is 11.4. The van der Waals surface area contributed by atoms with Crippen LogP contribution in [0.2, 0.25) is 0 Å². The van der Waals surface area contributed by atoms with E-state index in [0.29, 0.717) is 5.70 Å². The van der Waals surface area contributed by atoms with Crippen LogP contribution in [0.25, 0.3) is 0 Å². The van der Waals surface area contributed by atoms with Crippen LogP contribution in [0.5, 0.6) is 0 Å². The van der Waals surface area contributed by atoms with Crippen molar-refractivity contribution in [3.05, 3.63) is 47.2 Å². The minimum absolute atomic E-state index is 0.0353. The SMILES string of the molecule is C/C=C1/N=C(c2ccc(C)cc2)SC1=O. The molecule has 0 N–H and O–H groups in total. The number of aliphatic imine (C=N–C) groups is 1. The van der Waals surface area contributed by atoms with Gasteiger partial charge in [0.1, 0.15) is 10.7 Å². The molecule has 0 saturated carbocycles. The quantitative estimate of drug-likeness (QED) is 0.677. The summed E-state index contributed by atoms with van der Waals surface area (Å²) >= 11 is 1.20. The van der Waals surface area contributed by atoms with E-state index in [1.54, 1.807) is 6.08 Å². The van der Waals surface area contributed by atoms with Crippen LogP contribution >= 0.6 is 11.8 Å². The Kier molecular flexibility index (Phi) is 2.73. The molecule has 2 nitrogen and oxygen atoms in total. The third-order valence-electron chi connectivity index (χ3n) is 2.19. The van der Waals surface area contributed by atoms with Gasteiger partial charge in [-0.3, -0.25) is 4.79 Å². The lowest BCUT2D eigenvalue weighted by atomic mass is 10.2. The number of nitrogens with zero attached hydrogens (tertiary/aromatic N) is 1. The average molecular weight is 217 g/mol. The van der Waals surface area contributed by atoms with Gasteiger partial charge in [-0.05, 0) is 25.6 Å². The molecular formula is C12H11NOS. The average Bonchev–Trinajstić information content (AvgIpc) is 2.61. The lowest BCUT2D eigenvalue weighted by Crippen LogP contribution is -1.92. The van der Waals surface area contributed by atoms with Gasteiger partial charge in [0.2, 0.25) is 5.12 Å². The topological polar surface area (TPSA) is 29.4 Å². The van der Waals surface area contributed by atoms with Gasteiger partial charge in [-0.1, -0.05) is 35.9 Å². The molecule has 1 aliphatic rings. The highest BCUT2D eigenvalue weighted by Crippen LogP contribution is 2.27. The van der Waals surface area contributed by atoms with Crippen molar-refractivity contribution in [3.8, 4) is 0 Å². The van der Waals surface area contributed by atoms with E-state index in [-0.39, 0.29) is 5.12 Å². The highest BCUT2D eigenvalue weighted by atomic mass is 32.2. The minimum Gasteiger partial charge on any atom is -0.279 e. The van der Waals surface area contributed by atoms with Crippen LogP contribution in [0.1, 0.15) is 18.1 Å². The van der Waals surface area contributed by atoms with E-state index in [0.717, 1.165) is 10.6 Å². The second-order valence-electron chi connectivity index (χ2n) is 3.35. The highest BCUT2D eigenvalue weighted by molar-refractivity contribution is 8.27. The van der Waals surface area contributed by atoms with Crippen LogP contribution in [-0.4, -0.2) is 10.2 Å². The molecule has 15 heavy (non-hydrogen) atoms. The molecule has 0 amide bonds. The molecule has 0 bridgehead atoms. The summed E-state index contributed by atoms with van der Waals surface area (Å²) in [4.78, 5) is 15.7. The largest absolute Gasteiger partial charge is 0.279 e. The third kappa shape index (κ3) is 2.02. The Labute approximate surface area is 93.1 Å². The second-order valence-corrected chi connectivity index (χ2v) is 4.31. The number of thioether (sulfide) groups is 1. The number of aryl methyl sites for hydroxylation is 1. The van der Waals surface area contributed by atoms with Crippen LogP contribution in [0.4, 0.5) is 0 Å². The summed E-state index contributed by atoms with van der Waals surface area (Å²) in [5.41, 5.74) is 2.77. The minimum atomic E-state index is 0.0353. The Balaban J connectivity index is 2.34. The lowest BCUT2D eigenvalue weighted by Gasteiger charge is -1.98. The van der Waals surface area contributed by atoms with Gasteiger partial charge in [-0.2, -0.15) is 0 Å². The van der Waals surface area contributed by atoms with E-state index in [1.807, 2.05) is 38.1 Å². The first-order chi connectivity index (χ1) is 7.20. The third-order valence-corrected chi connectivity index (χ3v) is 3.11. The molecule has 0 saturated heterocycles. The van der Waals surface area contributed by atoms with Crippen molar-refractivity contribution in [1.29, 1.82) is 0 Å². The number of hydrogen-bond acceptors (Lipinski definition) is 3. The molecule has 1 aliphatic heterocycles. The van der Waals surface area contributed by atoms with Gasteiger partial charge in [-0.15, -0.1) is 0 Å². The molecule has 0 unspecified atom stereocenters. The lowest BCUT2D eigenvalue weighted by molar-refractivity contribution is -0.107. The van der Waals surface area contributed by atoms with Gasteiger partial charge in [-0.25, -0.2) is 4.99 Å². The molecule has 2 rings (SSSR count). The predicted molar refractivity (Wildman–Crippen MR) is 64.1 cm³/mol.